The Kier molecular flexibility index (Phi) is 10.6. The second-order valence-corrected chi connectivity index (χ2v) is 8.83. The van der Waals surface area contributed by atoms with E-state index >= 15 is 0 Å². The molecule has 0 radical (unpaired) electrons. The van der Waals surface area contributed by atoms with Crippen LogP contribution >= 0.6 is 0 Å². The van der Waals surface area contributed by atoms with Crippen LogP contribution in [0.1, 0.15) is 11.3 Å². The van der Waals surface area contributed by atoms with E-state index in [4.69, 9.17) is 18.9 Å². The number of amides is 2. The Morgan fingerprint density at radius 3 is 2.33 bits per heavy atom. The van der Waals surface area contributed by atoms with Crippen molar-refractivity contribution in [1.82, 2.24) is 4.98 Å². The molecule has 0 fully saturated rings. The number of nitrogens with one attached hydrogen (secondary N) is 3. The van der Waals surface area contributed by atoms with Crippen LogP contribution in [0, 0.1) is 6.92 Å². The SMILES string of the molecule is Cc1nc(NCCOCCOCCOCCOc2ccc(NC=O)cc2)ccc1-c1ccc2c(c1)CC(=O)N2. The maximum Gasteiger partial charge on any atom is 0.228 e. The summed E-state index contributed by atoms with van der Waals surface area (Å²) >= 11 is 0. The molecule has 4 rings (SSSR count). The number of pyridine rings is 1. The molecule has 3 N–H and O–H groups in total. The second kappa shape index (κ2) is 14.8. The lowest BCUT2D eigenvalue weighted by molar-refractivity contribution is -0.115. The zero-order valence-electron chi connectivity index (χ0n) is 22.0. The maximum absolute atomic E-state index is 11.6. The van der Waals surface area contributed by atoms with Gasteiger partial charge in [0.1, 0.15) is 18.2 Å². The van der Waals surface area contributed by atoms with Gasteiger partial charge in [0.15, 0.2) is 0 Å². The quantitative estimate of drug-likeness (QED) is 0.177. The van der Waals surface area contributed by atoms with E-state index in [1.807, 2.05) is 31.2 Å². The summed E-state index contributed by atoms with van der Waals surface area (Å²) < 4.78 is 22.2. The van der Waals surface area contributed by atoms with Crippen molar-refractivity contribution in [2.75, 3.05) is 68.7 Å². The molecule has 2 aromatic carbocycles. The number of aryl methyl sites for hydroxylation is 1. The summed E-state index contributed by atoms with van der Waals surface area (Å²) in [6.45, 7) is 6.01. The number of hydrogen-bond acceptors (Lipinski definition) is 8. The van der Waals surface area contributed by atoms with Crippen LogP contribution in [0.3, 0.4) is 0 Å². The Morgan fingerprint density at radius 2 is 1.62 bits per heavy atom. The first kappa shape index (κ1) is 28.0. The normalized spacial score (nSPS) is 12.1. The molecule has 1 aliphatic heterocycles. The summed E-state index contributed by atoms with van der Waals surface area (Å²) in [7, 11) is 0. The molecular weight excluding hydrogens is 500 g/mol. The number of aromatic nitrogens is 1. The van der Waals surface area contributed by atoms with E-state index in [1.54, 1.807) is 24.3 Å². The highest BCUT2D eigenvalue weighted by Gasteiger charge is 2.18. The fraction of sp³-hybridized carbons (Fsp3) is 0.345. The van der Waals surface area contributed by atoms with Gasteiger partial charge < -0.3 is 34.9 Å². The smallest absolute Gasteiger partial charge is 0.228 e. The van der Waals surface area contributed by atoms with Gasteiger partial charge in [-0.3, -0.25) is 9.59 Å². The summed E-state index contributed by atoms with van der Waals surface area (Å²) in [5, 5.41) is 8.72. The van der Waals surface area contributed by atoms with Crippen molar-refractivity contribution < 1.29 is 28.5 Å². The summed E-state index contributed by atoms with van der Waals surface area (Å²) in [6, 6.07) is 17.1. The molecule has 0 saturated heterocycles. The maximum atomic E-state index is 11.6. The molecule has 0 atom stereocenters. The number of fused-ring (bicyclic) bond motifs is 1. The topological polar surface area (TPSA) is 120 Å². The van der Waals surface area contributed by atoms with Crippen molar-refractivity contribution in [3.8, 4) is 16.9 Å². The summed E-state index contributed by atoms with van der Waals surface area (Å²) in [6.07, 6.45) is 1.06. The lowest BCUT2D eigenvalue weighted by Gasteiger charge is -2.11. The number of carbonyl (C=O) groups excluding carboxylic acids is 2. The Labute approximate surface area is 228 Å². The highest BCUT2D eigenvalue weighted by Crippen LogP contribution is 2.30. The van der Waals surface area contributed by atoms with Crippen molar-refractivity contribution in [2.45, 2.75) is 13.3 Å². The van der Waals surface area contributed by atoms with E-state index in [2.05, 4.69) is 27.0 Å². The van der Waals surface area contributed by atoms with E-state index in [-0.39, 0.29) is 5.91 Å². The van der Waals surface area contributed by atoms with Gasteiger partial charge in [0.25, 0.3) is 0 Å². The number of anilines is 3. The number of carbonyl (C=O) groups is 2. The highest BCUT2D eigenvalue weighted by molar-refractivity contribution is 5.99. The van der Waals surface area contributed by atoms with Crippen LogP contribution in [0.2, 0.25) is 0 Å². The van der Waals surface area contributed by atoms with Gasteiger partial charge in [0.05, 0.1) is 46.1 Å². The van der Waals surface area contributed by atoms with Crippen LogP contribution in [0.25, 0.3) is 11.1 Å². The largest absolute Gasteiger partial charge is 0.491 e. The molecule has 2 amide bonds. The molecular formula is C29H34N4O6. The zero-order valence-corrected chi connectivity index (χ0v) is 22.0. The fourth-order valence-corrected chi connectivity index (χ4v) is 4.09. The number of ether oxygens (including phenoxy) is 4. The molecule has 0 aliphatic carbocycles. The molecule has 0 saturated carbocycles. The van der Waals surface area contributed by atoms with Gasteiger partial charge in [-0.2, -0.15) is 0 Å². The Hall–Kier alpha value is -3.99. The van der Waals surface area contributed by atoms with Gasteiger partial charge in [0, 0.05) is 29.2 Å². The molecule has 0 unspecified atom stereocenters. The predicted octanol–water partition coefficient (Wildman–Crippen LogP) is 3.66. The summed E-state index contributed by atoms with van der Waals surface area (Å²) in [5.74, 6) is 1.54. The second-order valence-electron chi connectivity index (χ2n) is 8.83. The van der Waals surface area contributed by atoms with Crippen LogP contribution in [-0.4, -0.2) is 70.1 Å². The first-order valence-electron chi connectivity index (χ1n) is 12.9. The van der Waals surface area contributed by atoms with Gasteiger partial charge in [-0.1, -0.05) is 6.07 Å². The number of benzene rings is 2. The minimum Gasteiger partial charge on any atom is -0.491 e. The molecule has 10 heteroatoms. The lowest BCUT2D eigenvalue weighted by Crippen LogP contribution is -2.15. The van der Waals surface area contributed by atoms with Crippen LogP contribution in [0.15, 0.2) is 54.6 Å². The van der Waals surface area contributed by atoms with Gasteiger partial charge >= 0.3 is 0 Å². The molecule has 0 bridgehead atoms. The van der Waals surface area contributed by atoms with E-state index in [1.165, 1.54) is 0 Å². The first-order valence-corrected chi connectivity index (χ1v) is 12.9. The van der Waals surface area contributed by atoms with Crippen molar-refractivity contribution in [1.29, 1.82) is 0 Å². The van der Waals surface area contributed by atoms with Crippen molar-refractivity contribution >= 4 is 29.5 Å². The third-order valence-electron chi connectivity index (χ3n) is 6.00. The predicted molar refractivity (Wildman–Crippen MR) is 149 cm³/mol. The molecule has 0 spiro atoms. The lowest BCUT2D eigenvalue weighted by atomic mass is 10.0. The molecule has 39 heavy (non-hydrogen) atoms. The average Bonchev–Trinajstić information content (AvgIpc) is 3.31. The summed E-state index contributed by atoms with van der Waals surface area (Å²) in [5.41, 5.74) is 5.65. The van der Waals surface area contributed by atoms with Crippen molar-refractivity contribution in [2.24, 2.45) is 0 Å². The molecule has 2 heterocycles. The molecule has 1 aliphatic rings. The molecule has 206 valence electrons. The van der Waals surface area contributed by atoms with Gasteiger partial charge in [0.2, 0.25) is 12.3 Å². The van der Waals surface area contributed by atoms with E-state index in [0.717, 1.165) is 33.9 Å². The molecule has 3 aromatic rings. The van der Waals surface area contributed by atoms with Crippen LogP contribution in [0.5, 0.6) is 5.75 Å². The van der Waals surface area contributed by atoms with E-state index in [9.17, 15) is 9.59 Å². The zero-order chi connectivity index (χ0) is 27.3. The highest BCUT2D eigenvalue weighted by atomic mass is 16.6. The van der Waals surface area contributed by atoms with Crippen LogP contribution < -0.4 is 20.7 Å². The third-order valence-corrected chi connectivity index (χ3v) is 6.00. The van der Waals surface area contributed by atoms with Gasteiger partial charge in [-0.25, -0.2) is 4.98 Å². The Balaban J connectivity index is 1.01. The van der Waals surface area contributed by atoms with Crippen LogP contribution in [0.4, 0.5) is 17.2 Å². The Bertz CT molecular complexity index is 1230. The fourth-order valence-electron chi connectivity index (χ4n) is 4.09. The van der Waals surface area contributed by atoms with Crippen molar-refractivity contribution in [3.63, 3.8) is 0 Å². The molecule has 1 aromatic heterocycles. The van der Waals surface area contributed by atoms with Gasteiger partial charge in [-0.15, -0.1) is 0 Å². The summed E-state index contributed by atoms with van der Waals surface area (Å²) in [4.78, 5) is 26.7. The van der Waals surface area contributed by atoms with Gasteiger partial charge in [-0.05, 0) is 66.6 Å². The monoisotopic (exact) mass is 534 g/mol. The average molecular weight is 535 g/mol. The standard InChI is InChI=1S/C29H34N4O6/c1-21-26(22-2-8-27-23(18-22)19-29(35)33-27)7-9-28(32-21)30-10-11-36-12-13-37-14-15-38-16-17-39-25-5-3-24(4-6-25)31-20-34/h2-9,18,20H,10-17,19H2,1H3,(H,30,32)(H,31,34)(H,33,35). The minimum absolute atomic E-state index is 0.0343. The van der Waals surface area contributed by atoms with Crippen LogP contribution in [-0.2, 0) is 30.2 Å². The van der Waals surface area contributed by atoms with E-state index < -0.39 is 0 Å². The Morgan fingerprint density at radius 1 is 0.897 bits per heavy atom. The number of nitrogens with zero attached hydrogens (tertiary/aromatic N) is 1. The number of hydrogen-bond donors (Lipinski definition) is 3. The number of rotatable bonds is 17. The van der Waals surface area contributed by atoms with Crippen molar-refractivity contribution in [3.05, 3.63) is 65.9 Å². The third kappa shape index (κ3) is 8.78. The first-order chi connectivity index (χ1) is 19.1. The van der Waals surface area contributed by atoms with E-state index in [0.29, 0.717) is 77.1 Å². The minimum atomic E-state index is 0.0343. The molecule has 10 nitrogen and oxygen atoms in total.